The molecular formula is C20H25FN4O5. The van der Waals surface area contributed by atoms with E-state index < -0.39 is 30.3 Å². The quantitative estimate of drug-likeness (QED) is 0.577. The number of carboxylic acid groups (broad SMARTS) is 2. The van der Waals surface area contributed by atoms with E-state index in [1.807, 2.05) is 11.8 Å². The molecule has 1 aliphatic rings. The maximum Gasteiger partial charge on any atom is 0.325 e. The highest BCUT2D eigenvalue weighted by molar-refractivity contribution is 5.90. The van der Waals surface area contributed by atoms with E-state index in [1.54, 1.807) is 4.90 Å². The molecule has 3 N–H and O–H groups in total. The summed E-state index contributed by atoms with van der Waals surface area (Å²) >= 11 is 0. The van der Waals surface area contributed by atoms with Gasteiger partial charge in [0, 0.05) is 49.9 Å². The molecule has 10 heteroatoms. The lowest BCUT2D eigenvalue weighted by Gasteiger charge is -2.37. The Labute approximate surface area is 172 Å². The van der Waals surface area contributed by atoms with Crippen LogP contribution in [0.1, 0.15) is 18.5 Å². The smallest absolute Gasteiger partial charge is 0.325 e. The van der Waals surface area contributed by atoms with Crippen molar-refractivity contribution in [2.24, 2.45) is 0 Å². The minimum atomic E-state index is -1.10. The van der Waals surface area contributed by atoms with Crippen LogP contribution in [0, 0.1) is 5.82 Å². The molecule has 0 spiro atoms. The fraction of sp³-hybridized carbons (Fsp3) is 0.450. The molecule has 1 atom stereocenters. The number of aliphatic carboxylic acids is 2. The van der Waals surface area contributed by atoms with Gasteiger partial charge >= 0.3 is 11.9 Å². The second-order valence-electron chi connectivity index (χ2n) is 7.27. The zero-order chi connectivity index (χ0) is 21.8. The molecule has 9 nitrogen and oxygen atoms in total. The molecule has 2 heterocycles. The van der Waals surface area contributed by atoms with Gasteiger partial charge < -0.3 is 20.1 Å². The van der Waals surface area contributed by atoms with Crippen LogP contribution in [0.15, 0.2) is 24.4 Å². The molecule has 162 valence electrons. The van der Waals surface area contributed by atoms with Crippen LogP contribution in [-0.4, -0.2) is 81.7 Å². The lowest BCUT2D eigenvalue weighted by molar-refractivity contribution is -0.144. The van der Waals surface area contributed by atoms with E-state index in [9.17, 15) is 23.9 Å². The van der Waals surface area contributed by atoms with Gasteiger partial charge in [-0.3, -0.25) is 24.2 Å². The highest BCUT2D eigenvalue weighted by atomic mass is 19.1. The van der Waals surface area contributed by atoms with Crippen molar-refractivity contribution in [2.45, 2.75) is 19.5 Å². The summed E-state index contributed by atoms with van der Waals surface area (Å²) in [6.07, 6.45) is 1.48. The average molecular weight is 420 g/mol. The first-order valence-electron chi connectivity index (χ1n) is 9.76. The molecule has 0 aliphatic carbocycles. The predicted molar refractivity (Wildman–Crippen MR) is 107 cm³/mol. The van der Waals surface area contributed by atoms with Crippen molar-refractivity contribution in [1.29, 1.82) is 0 Å². The maximum atomic E-state index is 13.8. The fourth-order valence-electron chi connectivity index (χ4n) is 3.91. The van der Waals surface area contributed by atoms with Gasteiger partial charge in [-0.1, -0.05) is 0 Å². The predicted octanol–water partition coefficient (Wildman–Crippen LogP) is 0.744. The molecule has 1 aliphatic heterocycles. The second kappa shape index (κ2) is 9.23. The van der Waals surface area contributed by atoms with Crippen LogP contribution in [0.3, 0.4) is 0 Å². The Morgan fingerprint density at radius 1 is 1.13 bits per heavy atom. The number of nitrogens with zero attached hydrogens (tertiary/aromatic N) is 3. The Hall–Kier alpha value is -2.98. The van der Waals surface area contributed by atoms with Gasteiger partial charge in [-0.25, -0.2) is 4.39 Å². The molecule has 30 heavy (non-hydrogen) atoms. The first-order valence-corrected chi connectivity index (χ1v) is 9.76. The Kier molecular flexibility index (Phi) is 6.68. The standard InChI is InChI=1S/C20H25FN4O5/c1-2-22-17(26)11-23-5-7-24(8-6-23)19(20(29)30)15-10-25(12-18(27)28)16-9-13(21)3-4-14(15)16/h3-4,9-10,19H,2,5-8,11-12H2,1H3,(H,22,26)(H,27,28)(H,29,30). The number of rotatable bonds is 8. The fourth-order valence-corrected chi connectivity index (χ4v) is 3.91. The number of carbonyl (C=O) groups is 3. The summed E-state index contributed by atoms with van der Waals surface area (Å²) in [5.74, 6) is -2.76. The molecule has 1 aromatic carbocycles. The molecular weight excluding hydrogens is 395 g/mol. The summed E-state index contributed by atoms with van der Waals surface area (Å²) in [5.41, 5.74) is 0.768. The van der Waals surface area contributed by atoms with Gasteiger partial charge in [-0.15, -0.1) is 0 Å². The molecule has 1 fully saturated rings. The number of benzene rings is 1. The minimum absolute atomic E-state index is 0.0699. The molecule has 1 aromatic heterocycles. The summed E-state index contributed by atoms with van der Waals surface area (Å²) in [7, 11) is 0. The summed E-state index contributed by atoms with van der Waals surface area (Å²) in [4.78, 5) is 38.9. The van der Waals surface area contributed by atoms with Gasteiger partial charge in [0.25, 0.3) is 0 Å². The largest absolute Gasteiger partial charge is 0.480 e. The van der Waals surface area contributed by atoms with Crippen molar-refractivity contribution < 1.29 is 29.0 Å². The number of aromatic nitrogens is 1. The number of carbonyl (C=O) groups excluding carboxylic acids is 1. The SMILES string of the molecule is CCNC(=O)CN1CCN(C(C(=O)O)c2cn(CC(=O)O)c3cc(F)ccc23)CC1. The molecule has 1 amide bonds. The minimum Gasteiger partial charge on any atom is -0.480 e. The zero-order valence-corrected chi connectivity index (χ0v) is 16.7. The average Bonchev–Trinajstić information content (AvgIpc) is 3.00. The van der Waals surface area contributed by atoms with Gasteiger partial charge in [0.2, 0.25) is 5.91 Å². The molecule has 1 unspecified atom stereocenters. The highest BCUT2D eigenvalue weighted by Gasteiger charge is 2.33. The highest BCUT2D eigenvalue weighted by Crippen LogP contribution is 2.32. The van der Waals surface area contributed by atoms with Crippen molar-refractivity contribution in [1.82, 2.24) is 19.7 Å². The number of hydrogen-bond donors (Lipinski definition) is 3. The molecule has 0 radical (unpaired) electrons. The number of carboxylic acids is 2. The van der Waals surface area contributed by atoms with E-state index in [1.165, 1.54) is 29.0 Å². The Morgan fingerprint density at radius 2 is 1.83 bits per heavy atom. The summed E-state index contributed by atoms with van der Waals surface area (Å²) in [5, 5.41) is 22.4. The van der Waals surface area contributed by atoms with Crippen molar-refractivity contribution in [2.75, 3.05) is 39.3 Å². The van der Waals surface area contributed by atoms with Crippen LogP contribution < -0.4 is 5.32 Å². The third kappa shape index (κ3) is 4.77. The van der Waals surface area contributed by atoms with Crippen molar-refractivity contribution >= 4 is 28.7 Å². The zero-order valence-electron chi connectivity index (χ0n) is 16.7. The molecule has 1 saturated heterocycles. The van der Waals surface area contributed by atoms with Crippen LogP contribution in [-0.2, 0) is 20.9 Å². The Balaban J connectivity index is 1.85. The van der Waals surface area contributed by atoms with E-state index >= 15 is 0 Å². The monoisotopic (exact) mass is 420 g/mol. The van der Waals surface area contributed by atoms with E-state index in [0.717, 1.165) is 0 Å². The summed E-state index contributed by atoms with van der Waals surface area (Å²) < 4.78 is 15.1. The Bertz CT molecular complexity index is 952. The van der Waals surface area contributed by atoms with Gasteiger partial charge in [0.15, 0.2) is 0 Å². The van der Waals surface area contributed by atoms with Crippen LogP contribution in [0.25, 0.3) is 10.9 Å². The molecule has 2 aromatic rings. The van der Waals surface area contributed by atoms with Gasteiger partial charge in [0.05, 0.1) is 12.1 Å². The lowest BCUT2D eigenvalue weighted by Crippen LogP contribution is -2.51. The third-order valence-corrected chi connectivity index (χ3v) is 5.22. The first kappa shape index (κ1) is 21.7. The number of likely N-dealkylation sites (N-methyl/N-ethyl adjacent to an activating group) is 1. The summed E-state index contributed by atoms with van der Waals surface area (Å²) in [6, 6.07) is 2.93. The number of amides is 1. The number of halogens is 1. The van der Waals surface area contributed by atoms with E-state index in [2.05, 4.69) is 5.32 Å². The van der Waals surface area contributed by atoms with E-state index in [4.69, 9.17) is 5.11 Å². The number of hydrogen-bond acceptors (Lipinski definition) is 5. The van der Waals surface area contributed by atoms with Gasteiger partial charge in [-0.2, -0.15) is 0 Å². The number of piperazine rings is 1. The van der Waals surface area contributed by atoms with Crippen LogP contribution in [0.5, 0.6) is 0 Å². The lowest BCUT2D eigenvalue weighted by atomic mass is 10.0. The topological polar surface area (TPSA) is 115 Å². The number of nitrogens with one attached hydrogen (secondary N) is 1. The van der Waals surface area contributed by atoms with Crippen molar-refractivity contribution in [3.63, 3.8) is 0 Å². The normalized spacial score (nSPS) is 16.5. The number of fused-ring (bicyclic) bond motifs is 1. The van der Waals surface area contributed by atoms with E-state index in [-0.39, 0.29) is 12.5 Å². The van der Waals surface area contributed by atoms with Gasteiger partial charge in [-0.05, 0) is 25.1 Å². The van der Waals surface area contributed by atoms with Crippen molar-refractivity contribution in [3.05, 3.63) is 35.8 Å². The third-order valence-electron chi connectivity index (χ3n) is 5.22. The Morgan fingerprint density at radius 3 is 2.43 bits per heavy atom. The van der Waals surface area contributed by atoms with E-state index in [0.29, 0.717) is 49.2 Å². The van der Waals surface area contributed by atoms with Crippen LogP contribution in [0.4, 0.5) is 4.39 Å². The maximum absolute atomic E-state index is 13.8. The first-order chi connectivity index (χ1) is 14.3. The van der Waals surface area contributed by atoms with Gasteiger partial charge in [0.1, 0.15) is 18.4 Å². The molecule has 3 rings (SSSR count). The van der Waals surface area contributed by atoms with Crippen molar-refractivity contribution in [3.8, 4) is 0 Å². The van der Waals surface area contributed by atoms with Crippen LogP contribution >= 0.6 is 0 Å². The molecule has 0 bridgehead atoms. The second-order valence-corrected chi connectivity index (χ2v) is 7.27. The molecule has 0 saturated carbocycles. The summed E-state index contributed by atoms with van der Waals surface area (Å²) in [6.45, 7) is 4.20. The van der Waals surface area contributed by atoms with Crippen LogP contribution in [0.2, 0.25) is 0 Å².